The van der Waals surface area contributed by atoms with Crippen LogP contribution >= 0.6 is 23.1 Å². The molecule has 0 spiro atoms. The zero-order valence-electron chi connectivity index (χ0n) is 14.7. The minimum Gasteiger partial charge on any atom is -0.324 e. The zero-order chi connectivity index (χ0) is 18.8. The van der Waals surface area contributed by atoms with Crippen LogP contribution in [0.15, 0.2) is 34.6 Å². The molecule has 1 saturated heterocycles. The molecule has 1 aromatic heterocycles. The van der Waals surface area contributed by atoms with Crippen LogP contribution in [0.3, 0.4) is 0 Å². The summed E-state index contributed by atoms with van der Waals surface area (Å²) < 4.78 is 0. The van der Waals surface area contributed by atoms with E-state index in [0.29, 0.717) is 10.6 Å². The molecule has 0 aliphatic carbocycles. The van der Waals surface area contributed by atoms with Crippen LogP contribution in [-0.4, -0.2) is 28.5 Å². The highest BCUT2D eigenvalue weighted by Gasteiger charge is 2.36. The number of imide groups is 1. The summed E-state index contributed by atoms with van der Waals surface area (Å²) in [5.74, 6) is -0.817. The van der Waals surface area contributed by atoms with Gasteiger partial charge in [0, 0.05) is 10.6 Å². The van der Waals surface area contributed by atoms with Crippen molar-refractivity contribution in [2.75, 3.05) is 11.9 Å². The lowest BCUT2D eigenvalue weighted by Crippen LogP contribution is -2.36. The first-order chi connectivity index (χ1) is 12.4. The molecule has 0 bridgehead atoms. The first kappa shape index (κ1) is 18.4. The van der Waals surface area contributed by atoms with Crippen molar-refractivity contribution >= 4 is 51.9 Å². The summed E-state index contributed by atoms with van der Waals surface area (Å²) >= 11 is 2.38. The lowest BCUT2D eigenvalue weighted by atomic mass is 10.1. The molecule has 0 saturated carbocycles. The van der Waals surface area contributed by atoms with Crippen molar-refractivity contribution in [3.8, 4) is 0 Å². The lowest BCUT2D eigenvalue weighted by Gasteiger charge is -2.15. The van der Waals surface area contributed by atoms with E-state index in [1.165, 1.54) is 11.3 Å². The quantitative estimate of drug-likeness (QED) is 0.794. The van der Waals surface area contributed by atoms with E-state index in [1.807, 2.05) is 50.4 Å². The monoisotopic (exact) mass is 386 g/mol. The second kappa shape index (κ2) is 7.47. The highest BCUT2D eigenvalue weighted by atomic mass is 32.2. The number of amides is 3. The van der Waals surface area contributed by atoms with Gasteiger partial charge in [-0.25, -0.2) is 0 Å². The van der Waals surface area contributed by atoms with Gasteiger partial charge in [0.2, 0.25) is 5.91 Å². The third-order valence-corrected chi connectivity index (χ3v) is 5.96. The number of para-hydroxylation sites is 1. The highest BCUT2D eigenvalue weighted by Crippen LogP contribution is 2.33. The van der Waals surface area contributed by atoms with Crippen molar-refractivity contribution in [3.05, 3.63) is 56.1 Å². The van der Waals surface area contributed by atoms with Crippen molar-refractivity contribution in [1.29, 1.82) is 0 Å². The van der Waals surface area contributed by atoms with Gasteiger partial charge in [-0.05, 0) is 66.7 Å². The molecule has 1 fully saturated rings. The van der Waals surface area contributed by atoms with Gasteiger partial charge in [-0.2, -0.15) is 0 Å². The standard InChI is InChI=1S/C19H18N2O3S2/c1-11-7-8-25-14(11)9-15-18(23)21(19(24)26-15)10-16(22)20-17-12(2)5-4-6-13(17)3/h4-9H,10H2,1-3H3,(H,20,22)/b15-9+. The second-order valence-corrected chi connectivity index (χ2v) is 7.99. The van der Waals surface area contributed by atoms with Crippen LogP contribution in [0.1, 0.15) is 21.6 Å². The fourth-order valence-corrected chi connectivity index (χ4v) is 4.38. The Morgan fingerprint density at radius 1 is 1.12 bits per heavy atom. The van der Waals surface area contributed by atoms with Crippen LogP contribution in [0.5, 0.6) is 0 Å². The molecule has 1 aliphatic heterocycles. The Morgan fingerprint density at radius 2 is 1.81 bits per heavy atom. The Hall–Kier alpha value is -2.38. The highest BCUT2D eigenvalue weighted by molar-refractivity contribution is 8.18. The normalized spacial score (nSPS) is 15.8. The van der Waals surface area contributed by atoms with E-state index in [4.69, 9.17) is 0 Å². The maximum absolute atomic E-state index is 12.5. The molecule has 134 valence electrons. The van der Waals surface area contributed by atoms with Crippen LogP contribution in [0.2, 0.25) is 0 Å². The number of hydrogen-bond donors (Lipinski definition) is 1. The summed E-state index contributed by atoms with van der Waals surface area (Å²) in [5.41, 5.74) is 3.63. The molecule has 1 aromatic carbocycles. The largest absolute Gasteiger partial charge is 0.324 e. The molecule has 0 radical (unpaired) electrons. The smallest absolute Gasteiger partial charge is 0.294 e. The van der Waals surface area contributed by atoms with Crippen LogP contribution in [0, 0.1) is 20.8 Å². The summed E-state index contributed by atoms with van der Waals surface area (Å²) in [7, 11) is 0. The summed E-state index contributed by atoms with van der Waals surface area (Å²) in [4.78, 5) is 39.3. The van der Waals surface area contributed by atoms with Crippen LogP contribution in [0.25, 0.3) is 6.08 Å². The van der Waals surface area contributed by atoms with Gasteiger partial charge in [-0.15, -0.1) is 11.3 Å². The number of nitrogens with zero attached hydrogens (tertiary/aromatic N) is 1. The van der Waals surface area contributed by atoms with E-state index in [2.05, 4.69) is 5.32 Å². The third-order valence-electron chi connectivity index (χ3n) is 4.08. The third kappa shape index (κ3) is 3.73. The van der Waals surface area contributed by atoms with E-state index in [1.54, 1.807) is 6.08 Å². The minimum absolute atomic E-state index is 0.292. The molecular formula is C19H18N2O3S2. The summed E-state index contributed by atoms with van der Waals surface area (Å²) in [6.07, 6.45) is 1.72. The van der Waals surface area contributed by atoms with Gasteiger partial charge < -0.3 is 5.32 Å². The molecule has 2 heterocycles. The van der Waals surface area contributed by atoms with Crippen molar-refractivity contribution in [3.63, 3.8) is 0 Å². The predicted molar refractivity (Wildman–Crippen MR) is 106 cm³/mol. The molecule has 3 amide bonds. The van der Waals surface area contributed by atoms with Gasteiger partial charge in [-0.3, -0.25) is 19.3 Å². The van der Waals surface area contributed by atoms with Crippen LogP contribution < -0.4 is 5.32 Å². The van der Waals surface area contributed by atoms with Gasteiger partial charge >= 0.3 is 0 Å². The molecule has 7 heteroatoms. The van der Waals surface area contributed by atoms with Crippen molar-refractivity contribution in [2.45, 2.75) is 20.8 Å². The van der Waals surface area contributed by atoms with Gasteiger partial charge in [0.1, 0.15) is 6.54 Å². The molecule has 0 atom stereocenters. The average Bonchev–Trinajstić information content (AvgIpc) is 3.10. The zero-order valence-corrected chi connectivity index (χ0v) is 16.3. The fourth-order valence-electron chi connectivity index (χ4n) is 2.62. The first-order valence-corrected chi connectivity index (χ1v) is 9.72. The van der Waals surface area contributed by atoms with Crippen LogP contribution in [-0.2, 0) is 9.59 Å². The van der Waals surface area contributed by atoms with Crippen LogP contribution in [0.4, 0.5) is 10.5 Å². The number of hydrogen-bond acceptors (Lipinski definition) is 5. The fraction of sp³-hybridized carbons (Fsp3) is 0.211. The summed E-state index contributed by atoms with van der Waals surface area (Å²) in [6.45, 7) is 5.45. The molecule has 3 rings (SSSR count). The lowest BCUT2D eigenvalue weighted by molar-refractivity contribution is -0.127. The number of nitrogens with one attached hydrogen (secondary N) is 1. The first-order valence-electron chi connectivity index (χ1n) is 8.02. The second-order valence-electron chi connectivity index (χ2n) is 6.05. The molecule has 1 N–H and O–H groups in total. The Labute approximate surface area is 160 Å². The number of benzene rings is 1. The molecule has 1 aliphatic rings. The van der Waals surface area contributed by atoms with E-state index in [-0.39, 0.29) is 6.54 Å². The Bertz CT molecular complexity index is 910. The van der Waals surface area contributed by atoms with Gasteiger partial charge in [0.25, 0.3) is 11.1 Å². The van der Waals surface area contributed by atoms with Gasteiger partial charge in [0.05, 0.1) is 4.91 Å². The van der Waals surface area contributed by atoms with E-state index in [9.17, 15) is 14.4 Å². The van der Waals surface area contributed by atoms with Gasteiger partial charge in [-0.1, -0.05) is 18.2 Å². The predicted octanol–water partition coefficient (Wildman–Crippen LogP) is 4.35. The number of rotatable bonds is 4. The molecule has 5 nitrogen and oxygen atoms in total. The van der Waals surface area contributed by atoms with E-state index < -0.39 is 17.1 Å². The van der Waals surface area contributed by atoms with E-state index >= 15 is 0 Å². The maximum atomic E-state index is 12.5. The number of aryl methyl sites for hydroxylation is 3. The Kier molecular flexibility index (Phi) is 5.29. The van der Waals surface area contributed by atoms with Gasteiger partial charge in [0.15, 0.2) is 0 Å². The molecule has 2 aromatic rings. The Balaban J connectivity index is 1.73. The maximum Gasteiger partial charge on any atom is 0.294 e. The minimum atomic E-state index is -0.426. The number of carbonyl (C=O) groups is 3. The number of anilines is 1. The number of carbonyl (C=O) groups excluding carboxylic acids is 3. The van der Waals surface area contributed by atoms with Crippen molar-refractivity contribution in [2.24, 2.45) is 0 Å². The Morgan fingerprint density at radius 3 is 2.42 bits per heavy atom. The molecule has 26 heavy (non-hydrogen) atoms. The number of thioether (sulfide) groups is 1. The molecular weight excluding hydrogens is 368 g/mol. The SMILES string of the molecule is Cc1ccsc1/C=C1/SC(=O)N(CC(=O)Nc2c(C)cccc2C)C1=O. The topological polar surface area (TPSA) is 66.5 Å². The molecule has 0 unspecified atom stereocenters. The summed E-state index contributed by atoms with van der Waals surface area (Å²) in [5, 5.41) is 4.31. The van der Waals surface area contributed by atoms with E-state index in [0.717, 1.165) is 38.2 Å². The average molecular weight is 386 g/mol. The summed E-state index contributed by atoms with van der Waals surface area (Å²) in [6, 6.07) is 7.66. The van der Waals surface area contributed by atoms with Crippen molar-refractivity contribution in [1.82, 2.24) is 4.90 Å². The van der Waals surface area contributed by atoms with Crippen molar-refractivity contribution < 1.29 is 14.4 Å². The number of thiophene rings is 1.